The van der Waals surface area contributed by atoms with Crippen molar-refractivity contribution in [1.82, 2.24) is 20.4 Å². The number of imide groups is 2. The first-order chi connectivity index (χ1) is 22.1. The quantitative estimate of drug-likeness (QED) is 0.236. The number of carbonyl (C=O) groups is 8. The van der Waals surface area contributed by atoms with Crippen molar-refractivity contribution >= 4 is 58.6 Å². The van der Waals surface area contributed by atoms with Gasteiger partial charge in [0.05, 0.1) is 0 Å². The molecule has 2 fully saturated rings. The highest BCUT2D eigenvalue weighted by molar-refractivity contribution is 6.07. The smallest absolute Gasteiger partial charge is 0.255 e. The van der Waals surface area contributed by atoms with Crippen LogP contribution in [0.3, 0.4) is 0 Å². The van der Waals surface area contributed by atoms with E-state index in [4.69, 9.17) is 0 Å². The van der Waals surface area contributed by atoms with Gasteiger partial charge in [0.15, 0.2) is 0 Å². The Morgan fingerprint density at radius 2 is 1.07 bits per heavy atom. The van der Waals surface area contributed by atoms with E-state index in [1.807, 2.05) is 0 Å². The molecule has 0 spiro atoms. The number of hydrogen-bond acceptors (Lipinski definition) is 8. The summed E-state index contributed by atoms with van der Waals surface area (Å²) < 4.78 is 0. The zero-order chi connectivity index (χ0) is 32.5. The molecule has 6 rings (SSSR count). The van der Waals surface area contributed by atoms with Crippen LogP contribution in [-0.4, -0.2) is 69.1 Å². The van der Waals surface area contributed by atoms with Gasteiger partial charge >= 0.3 is 0 Å². The highest BCUT2D eigenvalue weighted by atomic mass is 16.2. The van der Waals surface area contributed by atoms with Crippen molar-refractivity contribution in [2.24, 2.45) is 0 Å². The van der Waals surface area contributed by atoms with E-state index in [2.05, 4.69) is 21.3 Å². The summed E-state index contributed by atoms with van der Waals surface area (Å²) in [7, 11) is 0. The molecule has 4 heterocycles. The third kappa shape index (κ3) is 6.23. The van der Waals surface area contributed by atoms with E-state index in [0.29, 0.717) is 35.3 Å². The number of nitrogens with one attached hydrogen (secondary N) is 4. The molecule has 14 heteroatoms. The lowest BCUT2D eigenvalue weighted by Crippen LogP contribution is -2.52. The molecular formula is C32H32N6O8. The minimum Gasteiger partial charge on any atom is -0.326 e. The third-order valence-corrected chi connectivity index (χ3v) is 8.68. The van der Waals surface area contributed by atoms with E-state index in [-0.39, 0.29) is 87.1 Å². The van der Waals surface area contributed by atoms with Crippen LogP contribution in [0, 0.1) is 0 Å². The zero-order valence-corrected chi connectivity index (χ0v) is 24.9. The van der Waals surface area contributed by atoms with Crippen molar-refractivity contribution in [3.05, 3.63) is 58.7 Å². The summed E-state index contributed by atoms with van der Waals surface area (Å²) in [5.41, 5.74) is 3.16. The Balaban J connectivity index is 0.942. The van der Waals surface area contributed by atoms with Gasteiger partial charge in [0.25, 0.3) is 11.8 Å². The summed E-state index contributed by atoms with van der Waals surface area (Å²) in [6, 6.07) is 8.59. The second kappa shape index (κ2) is 12.5. The maximum absolute atomic E-state index is 13.0. The summed E-state index contributed by atoms with van der Waals surface area (Å²) in [6.07, 6.45) is 2.07. The van der Waals surface area contributed by atoms with Crippen LogP contribution in [0.4, 0.5) is 11.4 Å². The van der Waals surface area contributed by atoms with Crippen LogP contribution in [0.25, 0.3) is 0 Å². The molecule has 0 aliphatic carbocycles. The van der Waals surface area contributed by atoms with Crippen LogP contribution >= 0.6 is 0 Å². The van der Waals surface area contributed by atoms with Gasteiger partial charge in [-0.1, -0.05) is 12.1 Å². The maximum Gasteiger partial charge on any atom is 0.255 e. The van der Waals surface area contributed by atoms with E-state index < -0.39 is 23.9 Å². The van der Waals surface area contributed by atoms with Crippen molar-refractivity contribution in [3.8, 4) is 0 Å². The fourth-order valence-electron chi connectivity index (χ4n) is 6.28. The standard InChI is InChI=1S/C32H32N6O8/c39-25(33-19-7-5-17-15-37(31(45)21(17)13-19)23-9-11-27(41)35-29(23)43)3-1-2-4-26(40)34-20-8-6-18-16-38(32(46)22(18)14-20)24-10-12-28(42)36-30(24)44/h5-8,13-14,23-24H,1-4,9-12,15-16H2,(H,33,39)(H,34,40)(H,35,41,43)(H,36,42,44). The molecule has 46 heavy (non-hydrogen) atoms. The van der Waals surface area contributed by atoms with Crippen molar-refractivity contribution in [3.63, 3.8) is 0 Å². The van der Waals surface area contributed by atoms with Crippen molar-refractivity contribution in [2.45, 2.75) is 76.5 Å². The third-order valence-electron chi connectivity index (χ3n) is 8.68. The predicted molar refractivity (Wildman–Crippen MR) is 161 cm³/mol. The zero-order valence-electron chi connectivity index (χ0n) is 24.9. The number of anilines is 2. The molecule has 4 aliphatic heterocycles. The Bertz CT molecular complexity index is 1580. The molecule has 2 atom stereocenters. The molecule has 0 bridgehead atoms. The number of unbranched alkanes of at least 4 members (excludes halogenated alkanes) is 1. The van der Waals surface area contributed by atoms with E-state index in [1.54, 1.807) is 36.4 Å². The number of nitrogens with zero attached hydrogens (tertiary/aromatic N) is 2. The average molecular weight is 629 g/mol. The van der Waals surface area contributed by atoms with Crippen LogP contribution in [0.2, 0.25) is 0 Å². The number of carbonyl (C=O) groups excluding carboxylic acids is 8. The van der Waals surface area contributed by atoms with Gasteiger partial charge in [-0.15, -0.1) is 0 Å². The molecule has 0 saturated carbocycles. The fourth-order valence-corrected chi connectivity index (χ4v) is 6.28. The molecular weight excluding hydrogens is 596 g/mol. The summed E-state index contributed by atoms with van der Waals surface area (Å²) in [4.78, 5) is 101. The minimum absolute atomic E-state index is 0.157. The normalized spacial score (nSPS) is 20.7. The first-order valence-electron chi connectivity index (χ1n) is 15.2. The van der Waals surface area contributed by atoms with Gasteiger partial charge in [0.2, 0.25) is 35.4 Å². The molecule has 2 unspecified atom stereocenters. The Morgan fingerprint density at radius 3 is 1.46 bits per heavy atom. The van der Waals surface area contributed by atoms with Gasteiger partial charge in [-0.25, -0.2) is 0 Å². The number of fused-ring (bicyclic) bond motifs is 2. The Hall–Kier alpha value is -5.40. The largest absolute Gasteiger partial charge is 0.326 e. The highest BCUT2D eigenvalue weighted by Crippen LogP contribution is 2.31. The Labute approximate surface area is 263 Å². The second-order valence-electron chi connectivity index (χ2n) is 11.8. The summed E-state index contributed by atoms with van der Waals surface area (Å²) in [5, 5.41) is 10.1. The average Bonchev–Trinajstić information content (AvgIpc) is 3.51. The lowest BCUT2D eigenvalue weighted by Gasteiger charge is -2.29. The minimum atomic E-state index is -0.714. The molecule has 14 nitrogen and oxygen atoms in total. The molecule has 8 amide bonds. The van der Waals surface area contributed by atoms with E-state index >= 15 is 0 Å². The monoisotopic (exact) mass is 628 g/mol. The number of benzene rings is 2. The molecule has 0 radical (unpaired) electrons. The molecule has 2 aromatic carbocycles. The number of hydrogen-bond donors (Lipinski definition) is 4. The van der Waals surface area contributed by atoms with Crippen molar-refractivity contribution < 1.29 is 38.4 Å². The summed E-state index contributed by atoms with van der Waals surface area (Å²) >= 11 is 0. The SMILES string of the molecule is O=C1CCC(N2Cc3ccc(NC(=O)CCCCC(=O)Nc4ccc5c(c4)C(=O)N(C4CCC(=O)NC4=O)C5)cc3C2=O)C(=O)N1. The van der Waals surface area contributed by atoms with Crippen LogP contribution < -0.4 is 21.3 Å². The van der Waals surface area contributed by atoms with Crippen molar-refractivity contribution in [2.75, 3.05) is 10.6 Å². The van der Waals surface area contributed by atoms with E-state index in [1.165, 1.54) is 9.80 Å². The second-order valence-corrected chi connectivity index (χ2v) is 11.8. The fraction of sp³-hybridized carbons (Fsp3) is 0.375. The number of amides is 8. The lowest BCUT2D eigenvalue weighted by molar-refractivity contribution is -0.138. The number of rotatable bonds is 9. The summed E-state index contributed by atoms with van der Waals surface area (Å²) in [6.45, 7) is 0.499. The van der Waals surface area contributed by atoms with Crippen molar-refractivity contribution in [1.29, 1.82) is 0 Å². The highest BCUT2D eigenvalue weighted by Gasteiger charge is 2.40. The maximum atomic E-state index is 13.0. The summed E-state index contributed by atoms with van der Waals surface area (Å²) in [5.74, 6) is -2.88. The van der Waals surface area contributed by atoms with Gasteiger partial charge in [0, 0.05) is 61.3 Å². The van der Waals surface area contributed by atoms with Crippen LogP contribution in [0.1, 0.15) is 83.2 Å². The molecule has 4 N–H and O–H groups in total. The first-order valence-corrected chi connectivity index (χ1v) is 15.2. The Kier molecular flexibility index (Phi) is 8.35. The van der Waals surface area contributed by atoms with Gasteiger partial charge in [-0.3, -0.25) is 49.0 Å². The van der Waals surface area contributed by atoms with Crippen LogP contribution in [0.5, 0.6) is 0 Å². The first kappa shape index (κ1) is 30.6. The number of piperidine rings is 2. The van der Waals surface area contributed by atoms with E-state index in [9.17, 15) is 38.4 Å². The predicted octanol–water partition coefficient (Wildman–Crippen LogP) is 1.35. The van der Waals surface area contributed by atoms with Gasteiger partial charge in [-0.05, 0) is 61.1 Å². The van der Waals surface area contributed by atoms with E-state index in [0.717, 1.165) is 11.1 Å². The Morgan fingerprint density at radius 1 is 0.652 bits per heavy atom. The molecule has 4 aliphatic rings. The van der Waals surface area contributed by atoms with Crippen LogP contribution in [-0.2, 0) is 41.9 Å². The lowest BCUT2D eigenvalue weighted by atomic mass is 10.0. The molecule has 2 aromatic rings. The van der Waals surface area contributed by atoms with Gasteiger partial charge in [-0.2, -0.15) is 0 Å². The molecule has 0 aromatic heterocycles. The topological polar surface area (TPSA) is 191 Å². The van der Waals surface area contributed by atoms with Gasteiger partial charge in [0.1, 0.15) is 12.1 Å². The molecule has 238 valence electrons. The molecule has 2 saturated heterocycles. The van der Waals surface area contributed by atoms with Gasteiger partial charge < -0.3 is 20.4 Å². The van der Waals surface area contributed by atoms with Crippen LogP contribution in [0.15, 0.2) is 36.4 Å².